The van der Waals surface area contributed by atoms with Crippen molar-refractivity contribution in [3.63, 3.8) is 0 Å². The van der Waals surface area contributed by atoms with Crippen molar-refractivity contribution in [1.29, 1.82) is 0 Å². The molecule has 0 aliphatic carbocycles. The number of aromatic nitrogens is 3. The fourth-order valence-corrected chi connectivity index (χ4v) is 3.21. The number of morpholine rings is 1. The van der Waals surface area contributed by atoms with Gasteiger partial charge in [-0.3, -0.25) is 4.79 Å². The van der Waals surface area contributed by atoms with E-state index in [0.29, 0.717) is 24.5 Å². The summed E-state index contributed by atoms with van der Waals surface area (Å²) in [6, 6.07) is 7.51. The van der Waals surface area contributed by atoms with Gasteiger partial charge in [-0.05, 0) is 26.0 Å². The van der Waals surface area contributed by atoms with Gasteiger partial charge in [-0.1, -0.05) is 12.1 Å². The average Bonchev–Trinajstić information content (AvgIpc) is 2.95. The predicted molar refractivity (Wildman–Crippen MR) is 96.7 cm³/mol. The molecule has 1 fully saturated rings. The molecule has 134 valence electrons. The molecule has 0 unspecified atom stereocenters. The van der Waals surface area contributed by atoms with E-state index in [1.54, 1.807) is 4.68 Å². The van der Waals surface area contributed by atoms with Crippen LogP contribution in [-0.2, 0) is 11.8 Å². The van der Waals surface area contributed by atoms with Gasteiger partial charge in [0.1, 0.15) is 0 Å². The second-order valence-electron chi connectivity index (χ2n) is 6.80. The highest BCUT2D eigenvalue weighted by Gasteiger charge is 2.26. The summed E-state index contributed by atoms with van der Waals surface area (Å²) in [5, 5.41) is 4.46. The molecule has 1 saturated heterocycles. The first kappa shape index (κ1) is 17.4. The van der Waals surface area contributed by atoms with Crippen LogP contribution in [0.5, 0.6) is 0 Å². The van der Waals surface area contributed by atoms with Crippen LogP contribution in [-0.4, -0.2) is 65.0 Å². The maximum Gasteiger partial charge on any atom is 0.254 e. The molecule has 2 atom stereocenters. The molecule has 1 aliphatic rings. The second kappa shape index (κ2) is 6.84. The number of aryl methyl sites for hydroxylation is 1. The first-order valence-corrected chi connectivity index (χ1v) is 8.48. The number of carbonyl (C=O) groups excluding carboxylic acids is 1. The van der Waals surface area contributed by atoms with Crippen molar-refractivity contribution in [2.45, 2.75) is 26.1 Å². The Morgan fingerprint density at radius 1 is 1.24 bits per heavy atom. The Morgan fingerprint density at radius 2 is 1.92 bits per heavy atom. The third kappa shape index (κ3) is 3.66. The summed E-state index contributed by atoms with van der Waals surface area (Å²) in [5.74, 6) is 1.40. The number of rotatable bonds is 3. The Balaban J connectivity index is 1.86. The van der Waals surface area contributed by atoms with Crippen LogP contribution in [0.2, 0.25) is 0 Å². The van der Waals surface area contributed by atoms with Crippen LogP contribution in [0.15, 0.2) is 24.3 Å². The van der Waals surface area contributed by atoms with Gasteiger partial charge in [0.2, 0.25) is 5.95 Å². The highest BCUT2D eigenvalue weighted by molar-refractivity contribution is 5.95. The molecule has 0 spiro atoms. The van der Waals surface area contributed by atoms with Gasteiger partial charge < -0.3 is 14.5 Å². The van der Waals surface area contributed by atoms with E-state index in [9.17, 15) is 4.79 Å². The summed E-state index contributed by atoms with van der Waals surface area (Å²) < 4.78 is 7.44. The molecule has 7 heteroatoms. The van der Waals surface area contributed by atoms with E-state index in [-0.39, 0.29) is 18.1 Å². The molecule has 0 bridgehead atoms. The highest BCUT2D eigenvalue weighted by Crippen LogP contribution is 2.21. The first-order valence-electron chi connectivity index (χ1n) is 8.48. The normalized spacial score (nSPS) is 20.6. The molecule has 1 amide bonds. The fraction of sp³-hybridized carbons (Fsp3) is 0.500. The topological polar surface area (TPSA) is 63.5 Å². The number of ether oxygens (including phenoxy) is 1. The summed E-state index contributed by atoms with van der Waals surface area (Å²) >= 11 is 0. The molecular formula is C18H25N5O2. The maximum atomic E-state index is 12.9. The molecule has 0 saturated carbocycles. The first-order chi connectivity index (χ1) is 11.8. The minimum atomic E-state index is 0.0209. The lowest BCUT2D eigenvalue weighted by Gasteiger charge is -2.35. The summed E-state index contributed by atoms with van der Waals surface area (Å²) in [4.78, 5) is 21.2. The standard InChI is InChI=1S/C18H25N5O2/c1-12-10-23(11-13(2)25-12)17(24)15-8-6-7-14(9-15)16-19-18(21(3)4)22(5)20-16/h6-9,12-13H,10-11H2,1-5H3/t12-,13+. The Hall–Kier alpha value is -2.41. The molecule has 1 aliphatic heterocycles. The van der Waals surface area contributed by atoms with E-state index in [2.05, 4.69) is 10.1 Å². The van der Waals surface area contributed by atoms with Gasteiger partial charge in [-0.25, -0.2) is 4.68 Å². The van der Waals surface area contributed by atoms with E-state index in [0.717, 1.165) is 11.5 Å². The minimum absolute atomic E-state index is 0.0209. The van der Waals surface area contributed by atoms with Gasteiger partial charge in [0.05, 0.1) is 12.2 Å². The summed E-state index contributed by atoms with van der Waals surface area (Å²) in [6.07, 6.45) is 0.104. The zero-order valence-corrected chi connectivity index (χ0v) is 15.4. The molecule has 25 heavy (non-hydrogen) atoms. The molecule has 7 nitrogen and oxygen atoms in total. The maximum absolute atomic E-state index is 12.9. The zero-order valence-electron chi connectivity index (χ0n) is 15.4. The van der Waals surface area contributed by atoms with Gasteiger partial charge >= 0.3 is 0 Å². The van der Waals surface area contributed by atoms with Crippen LogP contribution in [0.4, 0.5) is 5.95 Å². The Bertz CT molecular complexity index is 761. The fourth-order valence-electron chi connectivity index (χ4n) is 3.21. The van der Waals surface area contributed by atoms with Gasteiger partial charge in [-0.15, -0.1) is 5.10 Å². The quantitative estimate of drug-likeness (QED) is 0.850. The van der Waals surface area contributed by atoms with Crippen molar-refractivity contribution in [2.24, 2.45) is 7.05 Å². The molecule has 1 aromatic heterocycles. The molecule has 3 rings (SSSR count). The molecule has 0 N–H and O–H groups in total. The number of carbonyl (C=O) groups is 1. The third-order valence-electron chi connectivity index (χ3n) is 4.21. The Labute approximate surface area is 148 Å². The Morgan fingerprint density at radius 3 is 2.52 bits per heavy atom. The third-order valence-corrected chi connectivity index (χ3v) is 4.21. The molecule has 2 heterocycles. The Kier molecular flexibility index (Phi) is 4.76. The van der Waals surface area contributed by atoms with Crippen molar-refractivity contribution < 1.29 is 9.53 Å². The minimum Gasteiger partial charge on any atom is -0.372 e. The smallest absolute Gasteiger partial charge is 0.254 e. The summed E-state index contributed by atoms with van der Waals surface area (Å²) in [5.41, 5.74) is 1.49. The van der Waals surface area contributed by atoms with Crippen molar-refractivity contribution in [3.8, 4) is 11.4 Å². The van der Waals surface area contributed by atoms with Crippen LogP contribution >= 0.6 is 0 Å². The van der Waals surface area contributed by atoms with Gasteiger partial charge in [0.15, 0.2) is 5.82 Å². The molecule has 0 radical (unpaired) electrons. The molecular weight excluding hydrogens is 318 g/mol. The van der Waals surface area contributed by atoms with Crippen LogP contribution in [0.25, 0.3) is 11.4 Å². The SMILES string of the molecule is C[C@@H]1CN(C(=O)c2cccc(-c3nc(N(C)C)n(C)n3)c2)C[C@H](C)O1. The number of hydrogen-bond acceptors (Lipinski definition) is 5. The monoisotopic (exact) mass is 343 g/mol. The number of amides is 1. The molecule has 1 aromatic carbocycles. The van der Waals surface area contributed by atoms with Gasteiger partial charge in [0.25, 0.3) is 5.91 Å². The van der Waals surface area contributed by atoms with E-state index in [1.165, 1.54) is 0 Å². The number of hydrogen-bond donors (Lipinski definition) is 0. The zero-order chi connectivity index (χ0) is 18.1. The van der Waals surface area contributed by atoms with E-state index < -0.39 is 0 Å². The van der Waals surface area contributed by atoms with E-state index >= 15 is 0 Å². The van der Waals surface area contributed by atoms with E-state index in [1.807, 2.05) is 69.1 Å². The predicted octanol–water partition coefficient (Wildman–Crippen LogP) is 1.80. The highest BCUT2D eigenvalue weighted by atomic mass is 16.5. The lowest BCUT2D eigenvalue weighted by molar-refractivity contribution is -0.0586. The van der Waals surface area contributed by atoms with Crippen LogP contribution in [0.3, 0.4) is 0 Å². The van der Waals surface area contributed by atoms with Gasteiger partial charge in [0, 0.05) is 45.4 Å². The summed E-state index contributed by atoms with van der Waals surface area (Å²) in [6.45, 7) is 5.21. The number of anilines is 1. The van der Waals surface area contributed by atoms with Crippen molar-refractivity contribution >= 4 is 11.9 Å². The number of nitrogens with zero attached hydrogens (tertiary/aromatic N) is 5. The number of benzene rings is 1. The van der Waals surface area contributed by atoms with Gasteiger partial charge in [-0.2, -0.15) is 4.98 Å². The van der Waals surface area contributed by atoms with Crippen LogP contribution < -0.4 is 4.90 Å². The van der Waals surface area contributed by atoms with E-state index in [4.69, 9.17) is 4.74 Å². The van der Waals surface area contributed by atoms with Crippen molar-refractivity contribution in [1.82, 2.24) is 19.7 Å². The van der Waals surface area contributed by atoms with Crippen molar-refractivity contribution in [3.05, 3.63) is 29.8 Å². The second-order valence-corrected chi connectivity index (χ2v) is 6.80. The summed E-state index contributed by atoms with van der Waals surface area (Å²) in [7, 11) is 5.71. The molecule has 2 aromatic rings. The van der Waals surface area contributed by atoms with Crippen molar-refractivity contribution in [2.75, 3.05) is 32.1 Å². The van der Waals surface area contributed by atoms with Crippen LogP contribution in [0.1, 0.15) is 24.2 Å². The largest absolute Gasteiger partial charge is 0.372 e. The van der Waals surface area contributed by atoms with Crippen LogP contribution in [0, 0.1) is 0 Å². The lowest BCUT2D eigenvalue weighted by atomic mass is 10.1. The average molecular weight is 343 g/mol. The lowest BCUT2D eigenvalue weighted by Crippen LogP contribution is -2.48.